The molecule has 0 atom stereocenters. The van der Waals surface area contributed by atoms with Gasteiger partial charge in [-0.05, 0) is 89.0 Å². The highest BCUT2D eigenvalue weighted by atomic mass is 19.4. The maximum absolute atomic E-state index is 16.0. The average molecular weight is 1260 g/mol. The van der Waals surface area contributed by atoms with Gasteiger partial charge in [0.1, 0.15) is 11.6 Å². The zero-order valence-electron chi connectivity index (χ0n) is 50.7. The highest BCUT2D eigenvalue weighted by molar-refractivity contribution is 6.14. The first kappa shape index (κ1) is 58.5. The molecule has 458 valence electrons. The fourth-order valence-electron chi connectivity index (χ4n) is 13.3. The van der Waals surface area contributed by atoms with Crippen LogP contribution in [0.5, 0.6) is 0 Å². The molecule has 0 saturated carbocycles. The van der Waals surface area contributed by atoms with Crippen LogP contribution in [0, 0.1) is 11.3 Å². The van der Waals surface area contributed by atoms with Crippen molar-refractivity contribution in [1.29, 1.82) is 5.26 Å². The number of pyridine rings is 4. The summed E-state index contributed by atoms with van der Waals surface area (Å²) in [6, 6.07) is 84.9. The number of halogens is 6. The quantitative estimate of drug-likeness (QED) is 0.120. The number of hydrogen-bond acceptors (Lipinski definition) is 5. The van der Waals surface area contributed by atoms with E-state index >= 15 is 26.3 Å². The van der Waals surface area contributed by atoms with Crippen molar-refractivity contribution in [3.05, 3.63) is 314 Å². The van der Waals surface area contributed by atoms with Gasteiger partial charge in [0.15, 0.2) is 0 Å². The fraction of sp³-hybridized carbons (Fsp3) is 0.0241. The normalized spacial score (nSPS) is 11.8. The Hall–Kier alpha value is -12.5. The molecule has 16 aromatic rings. The number of aromatic nitrogens is 6. The Balaban J connectivity index is 1.00. The first-order chi connectivity index (χ1) is 46.8. The number of fused-ring (bicyclic) bond motifs is 6. The molecule has 6 aromatic heterocycles. The Bertz CT molecular complexity index is 5380. The van der Waals surface area contributed by atoms with Gasteiger partial charge < -0.3 is 9.13 Å². The summed E-state index contributed by atoms with van der Waals surface area (Å²) in [7, 11) is 0. The van der Waals surface area contributed by atoms with Gasteiger partial charge in [-0.3, -0.25) is 19.9 Å². The Morgan fingerprint density at radius 3 is 0.875 bits per heavy atom. The molecule has 7 nitrogen and oxygen atoms in total. The first-order valence-electron chi connectivity index (χ1n) is 30.9. The Kier molecular flexibility index (Phi) is 14.4. The molecule has 0 aliphatic heterocycles. The number of rotatable bonds is 11. The smallest absolute Gasteiger partial charge is 0.308 e. The van der Waals surface area contributed by atoms with Crippen molar-refractivity contribution in [1.82, 2.24) is 29.1 Å². The lowest BCUT2D eigenvalue weighted by Gasteiger charge is -2.24. The van der Waals surface area contributed by atoms with Crippen molar-refractivity contribution < 1.29 is 26.3 Å². The highest BCUT2D eigenvalue weighted by Crippen LogP contribution is 2.50. The van der Waals surface area contributed by atoms with E-state index in [2.05, 4.69) is 6.07 Å². The molecule has 0 aliphatic carbocycles. The van der Waals surface area contributed by atoms with E-state index in [4.69, 9.17) is 19.9 Å². The topological polar surface area (TPSA) is 85.2 Å². The summed E-state index contributed by atoms with van der Waals surface area (Å²) >= 11 is 0. The van der Waals surface area contributed by atoms with E-state index in [0.29, 0.717) is 67.2 Å². The van der Waals surface area contributed by atoms with Crippen molar-refractivity contribution >= 4 is 43.6 Å². The van der Waals surface area contributed by atoms with Crippen molar-refractivity contribution in [2.45, 2.75) is 12.4 Å². The molecule has 0 N–H and O–H groups in total. The summed E-state index contributed by atoms with van der Waals surface area (Å²) < 4.78 is 99.4. The van der Waals surface area contributed by atoms with E-state index in [1.54, 1.807) is 29.4 Å². The van der Waals surface area contributed by atoms with Gasteiger partial charge in [0.2, 0.25) is 0 Å². The van der Waals surface area contributed by atoms with E-state index in [9.17, 15) is 5.26 Å². The van der Waals surface area contributed by atoms with Gasteiger partial charge in [-0.1, -0.05) is 206 Å². The molecule has 0 unspecified atom stereocenters. The lowest BCUT2D eigenvalue weighted by atomic mass is 9.90. The largest absolute Gasteiger partial charge is 0.417 e. The van der Waals surface area contributed by atoms with Crippen molar-refractivity contribution in [3.8, 4) is 118 Å². The number of alkyl halides is 6. The van der Waals surface area contributed by atoms with Crippen molar-refractivity contribution in [3.63, 3.8) is 0 Å². The maximum Gasteiger partial charge on any atom is 0.417 e. The molecule has 0 aliphatic rings. The van der Waals surface area contributed by atoms with Crippen molar-refractivity contribution in [2.24, 2.45) is 0 Å². The molecule has 6 heterocycles. The monoisotopic (exact) mass is 1260 g/mol. The Morgan fingerprint density at radius 2 is 0.594 bits per heavy atom. The van der Waals surface area contributed by atoms with Crippen LogP contribution in [0.2, 0.25) is 0 Å². The van der Waals surface area contributed by atoms with Gasteiger partial charge in [0.25, 0.3) is 0 Å². The van der Waals surface area contributed by atoms with Crippen LogP contribution in [-0.2, 0) is 12.4 Å². The molecule has 13 heteroatoms. The minimum atomic E-state index is -5.31. The van der Waals surface area contributed by atoms with Crippen LogP contribution in [0.4, 0.5) is 26.3 Å². The number of hydrogen-bond donors (Lipinski definition) is 0. The molecule has 0 spiro atoms. The molecule has 10 aromatic carbocycles. The van der Waals surface area contributed by atoms with Crippen LogP contribution >= 0.6 is 0 Å². The third kappa shape index (κ3) is 10.5. The number of benzene rings is 10. The second-order valence-corrected chi connectivity index (χ2v) is 23.5. The molecule has 16 rings (SSSR count). The summed E-state index contributed by atoms with van der Waals surface area (Å²) in [6.07, 6.45) is -3.57. The van der Waals surface area contributed by atoms with Gasteiger partial charge >= 0.3 is 12.4 Å². The van der Waals surface area contributed by atoms with Gasteiger partial charge in [-0.2, -0.15) is 31.6 Å². The summed E-state index contributed by atoms with van der Waals surface area (Å²) in [6.45, 7) is 0. The standard InChI is InChI=1S/C83H49F6N7/c84-82(85,86)69-22-13-23-70(83(87,88)89)80(69)67-36-41-75(95-76-42-55(59-28-37-71(91-47-59)51-14-5-1-6-15-51)24-32-63(76)64-33-25-56(43-77(64)95)60-29-38-72(92-48-60)52-16-7-2-8-17-52)68(46-90)81(67)96-78-44-57(61-30-39-73(93-49-61)53-18-9-3-10-19-53)26-34-65(78)66-35-27-58(45-79(66)96)62-31-40-74(94-50-62)54-20-11-4-12-21-54/h1-45,47-50H. The highest BCUT2D eigenvalue weighted by Gasteiger charge is 2.42. The number of nitrogens with zero attached hydrogens (tertiary/aromatic N) is 7. The first-order valence-corrected chi connectivity index (χ1v) is 30.9. The second kappa shape index (κ2) is 23.5. The van der Waals surface area contributed by atoms with Gasteiger partial charge in [-0.15, -0.1) is 0 Å². The van der Waals surface area contributed by atoms with Crippen LogP contribution in [0.1, 0.15) is 16.7 Å². The third-order valence-corrected chi connectivity index (χ3v) is 17.9. The summed E-state index contributed by atoms with van der Waals surface area (Å²) in [5.41, 5.74) is 9.36. The van der Waals surface area contributed by atoms with E-state index in [1.165, 1.54) is 12.1 Å². The summed E-state index contributed by atoms with van der Waals surface area (Å²) in [4.78, 5) is 19.4. The van der Waals surface area contributed by atoms with Crippen LogP contribution in [0.3, 0.4) is 0 Å². The molecular formula is C83H49F6N7. The lowest BCUT2D eigenvalue weighted by molar-refractivity contribution is -0.142. The Morgan fingerprint density at radius 1 is 0.292 bits per heavy atom. The zero-order valence-corrected chi connectivity index (χ0v) is 50.7. The molecule has 0 radical (unpaired) electrons. The summed E-state index contributed by atoms with van der Waals surface area (Å²) in [5, 5.41) is 15.1. The molecule has 0 amide bonds. The maximum atomic E-state index is 16.0. The molecule has 0 saturated heterocycles. The van der Waals surface area contributed by atoms with E-state index in [1.807, 2.05) is 247 Å². The SMILES string of the molecule is N#Cc1c(-n2c3cc(-c4ccc(-c5ccccc5)nc4)ccc3c3ccc(-c4ccc(-c5ccccc5)nc4)cc32)ccc(-c2c(C(F)(F)F)cccc2C(F)(F)F)c1-n1c2cc(-c3ccc(-c4ccccc4)nc3)ccc2c2ccc(-c3ccc(-c4ccccc4)nc3)cc21. The minimum absolute atomic E-state index is 0.183. The minimum Gasteiger partial charge on any atom is -0.308 e. The predicted octanol–water partition coefficient (Wildman–Crippen LogP) is 22.4. The molecular weight excluding hydrogens is 1210 g/mol. The lowest BCUT2D eigenvalue weighted by Crippen LogP contribution is -2.16. The third-order valence-electron chi connectivity index (χ3n) is 17.9. The van der Waals surface area contributed by atoms with E-state index in [-0.39, 0.29) is 16.9 Å². The molecule has 0 fully saturated rings. The summed E-state index contributed by atoms with van der Waals surface area (Å²) in [5.74, 6) is 0. The van der Waals surface area contributed by atoms with Gasteiger partial charge in [0.05, 0.1) is 67.3 Å². The van der Waals surface area contributed by atoms with Gasteiger partial charge in [0, 0.05) is 102 Å². The van der Waals surface area contributed by atoms with E-state index in [0.717, 1.165) is 84.1 Å². The second-order valence-electron chi connectivity index (χ2n) is 23.5. The van der Waals surface area contributed by atoms with Crippen LogP contribution in [0.15, 0.2) is 298 Å². The molecule has 0 bridgehead atoms. The average Bonchev–Trinajstić information content (AvgIpc) is 1.47. The van der Waals surface area contributed by atoms with Crippen molar-refractivity contribution in [2.75, 3.05) is 0 Å². The molecule has 96 heavy (non-hydrogen) atoms. The van der Waals surface area contributed by atoms with Crippen LogP contribution in [0.25, 0.3) is 156 Å². The van der Waals surface area contributed by atoms with Crippen LogP contribution < -0.4 is 0 Å². The van der Waals surface area contributed by atoms with Crippen LogP contribution in [-0.4, -0.2) is 29.1 Å². The van der Waals surface area contributed by atoms with Gasteiger partial charge in [-0.25, -0.2) is 0 Å². The predicted molar refractivity (Wildman–Crippen MR) is 370 cm³/mol. The number of nitriles is 1. The fourth-order valence-corrected chi connectivity index (χ4v) is 13.3. The van der Waals surface area contributed by atoms with E-state index < -0.39 is 34.6 Å². The zero-order chi connectivity index (χ0) is 65.2. The Labute approximate surface area is 546 Å².